The predicted molar refractivity (Wildman–Crippen MR) is 91.0 cm³/mol. The highest BCUT2D eigenvalue weighted by Crippen LogP contribution is 2.23. The second-order valence-corrected chi connectivity index (χ2v) is 5.41. The number of amides is 1. The van der Waals surface area contributed by atoms with Crippen molar-refractivity contribution < 1.29 is 14.3 Å². The summed E-state index contributed by atoms with van der Waals surface area (Å²) in [5, 5.41) is 6.22. The van der Waals surface area contributed by atoms with Crippen molar-refractivity contribution in [2.75, 3.05) is 57.9 Å². The van der Waals surface area contributed by atoms with Crippen LogP contribution in [0.4, 0.5) is 5.69 Å². The fourth-order valence-electron chi connectivity index (χ4n) is 2.47. The van der Waals surface area contributed by atoms with Gasteiger partial charge in [0, 0.05) is 39.1 Å². The van der Waals surface area contributed by atoms with Crippen LogP contribution in [0, 0.1) is 0 Å². The molecule has 1 amide bonds. The molecule has 1 aliphatic heterocycles. The molecule has 0 unspecified atom stereocenters. The van der Waals surface area contributed by atoms with E-state index in [0.29, 0.717) is 26.1 Å². The zero-order valence-corrected chi connectivity index (χ0v) is 13.8. The van der Waals surface area contributed by atoms with Crippen LogP contribution >= 0.6 is 0 Å². The van der Waals surface area contributed by atoms with Gasteiger partial charge in [0.2, 0.25) is 5.91 Å². The van der Waals surface area contributed by atoms with E-state index in [4.69, 9.17) is 9.47 Å². The fourth-order valence-corrected chi connectivity index (χ4v) is 2.47. The average Bonchev–Trinajstić information content (AvgIpc) is 2.58. The molecule has 23 heavy (non-hydrogen) atoms. The lowest BCUT2D eigenvalue weighted by Gasteiger charge is -2.26. The van der Waals surface area contributed by atoms with Crippen molar-refractivity contribution in [1.29, 1.82) is 0 Å². The molecule has 2 N–H and O–H groups in total. The molecular formula is C17H27N3O3. The highest BCUT2D eigenvalue weighted by molar-refractivity contribution is 5.76. The summed E-state index contributed by atoms with van der Waals surface area (Å²) in [5.41, 5.74) is 0.926. The standard InChI is InChI=1S/C17H27N3O3/c1-2-23-16-6-4-3-5-15(16)18-8-7-17(21)19-9-10-20-11-13-22-14-12-20/h3-6,18H,2,7-14H2,1H3,(H,19,21). The number of nitrogens with one attached hydrogen (secondary N) is 2. The number of morpholine rings is 1. The highest BCUT2D eigenvalue weighted by Gasteiger charge is 2.10. The van der Waals surface area contributed by atoms with Gasteiger partial charge >= 0.3 is 0 Å². The number of nitrogens with zero attached hydrogens (tertiary/aromatic N) is 1. The average molecular weight is 321 g/mol. The molecule has 1 aromatic carbocycles. The smallest absolute Gasteiger partial charge is 0.221 e. The first kappa shape index (κ1) is 17.6. The van der Waals surface area contributed by atoms with Crippen LogP contribution in [0.15, 0.2) is 24.3 Å². The number of carbonyl (C=O) groups excluding carboxylic acids is 1. The molecule has 0 atom stereocenters. The molecule has 0 bridgehead atoms. The van der Waals surface area contributed by atoms with Crippen molar-refractivity contribution >= 4 is 11.6 Å². The summed E-state index contributed by atoms with van der Waals surface area (Å²) in [6.45, 7) is 8.22. The summed E-state index contributed by atoms with van der Waals surface area (Å²) in [7, 11) is 0. The third kappa shape index (κ3) is 6.46. The molecule has 0 radical (unpaired) electrons. The summed E-state index contributed by atoms with van der Waals surface area (Å²) in [4.78, 5) is 14.2. The Morgan fingerprint density at radius 2 is 2.04 bits per heavy atom. The number of anilines is 1. The Kier molecular flexibility index (Phi) is 7.69. The summed E-state index contributed by atoms with van der Waals surface area (Å²) >= 11 is 0. The van der Waals surface area contributed by atoms with Gasteiger partial charge < -0.3 is 20.1 Å². The number of ether oxygens (including phenoxy) is 2. The SMILES string of the molecule is CCOc1ccccc1NCCC(=O)NCCN1CCOCC1. The van der Waals surface area contributed by atoms with Gasteiger partial charge in [-0.25, -0.2) is 0 Å². The van der Waals surface area contributed by atoms with Gasteiger partial charge in [-0.05, 0) is 19.1 Å². The Labute approximate surface area is 138 Å². The predicted octanol–water partition coefficient (Wildman–Crippen LogP) is 1.34. The molecular weight excluding hydrogens is 294 g/mol. The van der Waals surface area contributed by atoms with E-state index in [1.165, 1.54) is 0 Å². The molecule has 0 aromatic heterocycles. The minimum Gasteiger partial charge on any atom is -0.492 e. The highest BCUT2D eigenvalue weighted by atomic mass is 16.5. The third-order valence-electron chi connectivity index (χ3n) is 3.71. The molecule has 1 saturated heterocycles. The Morgan fingerprint density at radius 3 is 2.83 bits per heavy atom. The Hall–Kier alpha value is -1.79. The van der Waals surface area contributed by atoms with Gasteiger partial charge in [0.1, 0.15) is 5.75 Å². The normalized spacial score (nSPS) is 15.2. The van der Waals surface area contributed by atoms with Gasteiger partial charge in [-0.3, -0.25) is 9.69 Å². The molecule has 0 aliphatic carbocycles. The quantitative estimate of drug-likeness (QED) is 0.718. The van der Waals surface area contributed by atoms with Gasteiger partial charge in [0.05, 0.1) is 25.5 Å². The molecule has 128 valence electrons. The van der Waals surface area contributed by atoms with E-state index in [2.05, 4.69) is 15.5 Å². The first-order valence-corrected chi connectivity index (χ1v) is 8.32. The van der Waals surface area contributed by atoms with Crippen LogP contribution in [0.5, 0.6) is 5.75 Å². The lowest BCUT2D eigenvalue weighted by molar-refractivity contribution is -0.120. The van der Waals surface area contributed by atoms with Crippen LogP contribution in [0.1, 0.15) is 13.3 Å². The summed E-state index contributed by atoms with van der Waals surface area (Å²) in [6, 6.07) is 7.78. The van der Waals surface area contributed by atoms with Crippen molar-refractivity contribution in [3.8, 4) is 5.75 Å². The minimum absolute atomic E-state index is 0.0691. The van der Waals surface area contributed by atoms with Gasteiger partial charge in [-0.15, -0.1) is 0 Å². The lowest BCUT2D eigenvalue weighted by atomic mass is 10.3. The van der Waals surface area contributed by atoms with E-state index in [1.54, 1.807) is 0 Å². The second-order valence-electron chi connectivity index (χ2n) is 5.41. The van der Waals surface area contributed by atoms with E-state index in [1.807, 2.05) is 31.2 Å². The molecule has 6 nitrogen and oxygen atoms in total. The Morgan fingerprint density at radius 1 is 1.26 bits per heavy atom. The molecule has 1 aromatic rings. The Bertz CT molecular complexity index is 476. The zero-order chi connectivity index (χ0) is 16.3. The van der Waals surface area contributed by atoms with Gasteiger partial charge in [-0.1, -0.05) is 12.1 Å². The first-order chi connectivity index (χ1) is 11.3. The summed E-state index contributed by atoms with van der Waals surface area (Å²) in [6.07, 6.45) is 0.448. The van der Waals surface area contributed by atoms with Crippen LogP contribution in [0.25, 0.3) is 0 Å². The monoisotopic (exact) mass is 321 g/mol. The van der Waals surface area contributed by atoms with Crippen LogP contribution in [0.2, 0.25) is 0 Å². The Balaban J connectivity index is 1.61. The minimum atomic E-state index is 0.0691. The molecule has 6 heteroatoms. The van der Waals surface area contributed by atoms with E-state index in [0.717, 1.165) is 44.3 Å². The number of rotatable bonds is 9. The molecule has 1 fully saturated rings. The van der Waals surface area contributed by atoms with Crippen LogP contribution in [-0.2, 0) is 9.53 Å². The van der Waals surface area contributed by atoms with E-state index in [-0.39, 0.29) is 5.91 Å². The van der Waals surface area contributed by atoms with Crippen LogP contribution < -0.4 is 15.4 Å². The summed E-state index contributed by atoms with van der Waals surface area (Å²) in [5.74, 6) is 0.891. The van der Waals surface area contributed by atoms with Gasteiger partial charge in [0.25, 0.3) is 0 Å². The maximum Gasteiger partial charge on any atom is 0.221 e. The molecule has 1 heterocycles. The zero-order valence-electron chi connectivity index (χ0n) is 13.8. The van der Waals surface area contributed by atoms with E-state index in [9.17, 15) is 4.79 Å². The number of para-hydroxylation sites is 2. The van der Waals surface area contributed by atoms with Crippen molar-refractivity contribution in [1.82, 2.24) is 10.2 Å². The molecule has 0 spiro atoms. The van der Waals surface area contributed by atoms with Gasteiger partial charge in [-0.2, -0.15) is 0 Å². The molecule has 0 saturated carbocycles. The number of hydrogen-bond donors (Lipinski definition) is 2. The van der Waals surface area contributed by atoms with Crippen molar-refractivity contribution in [2.24, 2.45) is 0 Å². The third-order valence-corrected chi connectivity index (χ3v) is 3.71. The van der Waals surface area contributed by atoms with E-state index < -0.39 is 0 Å². The molecule has 1 aliphatic rings. The largest absolute Gasteiger partial charge is 0.492 e. The topological polar surface area (TPSA) is 62.8 Å². The number of benzene rings is 1. The van der Waals surface area contributed by atoms with Crippen LogP contribution in [0.3, 0.4) is 0 Å². The van der Waals surface area contributed by atoms with Crippen molar-refractivity contribution in [3.63, 3.8) is 0 Å². The van der Waals surface area contributed by atoms with Crippen molar-refractivity contribution in [3.05, 3.63) is 24.3 Å². The first-order valence-electron chi connectivity index (χ1n) is 8.32. The van der Waals surface area contributed by atoms with Gasteiger partial charge in [0.15, 0.2) is 0 Å². The summed E-state index contributed by atoms with van der Waals surface area (Å²) < 4.78 is 10.8. The van der Waals surface area contributed by atoms with Crippen molar-refractivity contribution in [2.45, 2.75) is 13.3 Å². The number of hydrogen-bond acceptors (Lipinski definition) is 5. The second kappa shape index (κ2) is 10.1. The lowest BCUT2D eigenvalue weighted by Crippen LogP contribution is -2.41. The number of carbonyl (C=O) groups is 1. The molecule has 2 rings (SSSR count). The maximum absolute atomic E-state index is 11.9. The van der Waals surface area contributed by atoms with Crippen LogP contribution in [-0.4, -0.2) is 63.4 Å². The van der Waals surface area contributed by atoms with E-state index >= 15 is 0 Å². The fraction of sp³-hybridized carbons (Fsp3) is 0.588. The maximum atomic E-state index is 11.9.